The van der Waals surface area contributed by atoms with Gasteiger partial charge >= 0.3 is 0 Å². The lowest BCUT2D eigenvalue weighted by atomic mass is 10.1. The number of hydrogen-bond donors (Lipinski definition) is 4. The van der Waals surface area contributed by atoms with Crippen molar-refractivity contribution in [3.8, 4) is 0 Å². The van der Waals surface area contributed by atoms with Crippen LogP contribution in [0.2, 0.25) is 0 Å². The summed E-state index contributed by atoms with van der Waals surface area (Å²) < 4.78 is 5.47. The van der Waals surface area contributed by atoms with Gasteiger partial charge in [0.1, 0.15) is 11.9 Å². The number of rotatable bonds is 17. The molecule has 34 heavy (non-hydrogen) atoms. The van der Waals surface area contributed by atoms with Gasteiger partial charge in [-0.05, 0) is 64.0 Å². The minimum absolute atomic E-state index is 0.189. The molecule has 0 spiro atoms. The Morgan fingerprint density at radius 2 is 1.85 bits per heavy atom. The van der Waals surface area contributed by atoms with Crippen molar-refractivity contribution in [2.24, 2.45) is 16.8 Å². The number of carbonyl (C=O) groups is 3. The Labute approximate surface area is 202 Å². The number of carbonyl (C=O) groups excluding carboxylic acids is 3. The molecule has 1 rings (SSSR count). The third-order valence-corrected chi connectivity index (χ3v) is 4.85. The van der Waals surface area contributed by atoms with E-state index < -0.39 is 11.9 Å². The van der Waals surface area contributed by atoms with E-state index in [2.05, 4.69) is 40.0 Å². The number of pyridine rings is 1. The van der Waals surface area contributed by atoms with Gasteiger partial charge < -0.3 is 21.1 Å². The van der Waals surface area contributed by atoms with Crippen LogP contribution >= 0.6 is 0 Å². The SMILES string of the molecule is CC(C)=NNc1ccc(C(=O)NCCCC[C@H](NC(=O)CCOCCCC(C)C)C(N)=O)cn1. The molecule has 0 radical (unpaired) electrons. The highest BCUT2D eigenvalue weighted by Gasteiger charge is 2.17. The van der Waals surface area contributed by atoms with Crippen molar-refractivity contribution in [1.29, 1.82) is 0 Å². The average Bonchev–Trinajstić information content (AvgIpc) is 2.78. The van der Waals surface area contributed by atoms with Crippen molar-refractivity contribution in [2.45, 2.75) is 72.3 Å². The van der Waals surface area contributed by atoms with Crippen LogP contribution in [-0.4, -0.2) is 54.2 Å². The number of unbranched alkanes of at least 4 members (excludes halogenated alkanes) is 1. The number of nitrogens with one attached hydrogen (secondary N) is 3. The predicted molar refractivity (Wildman–Crippen MR) is 133 cm³/mol. The van der Waals surface area contributed by atoms with Crippen LogP contribution in [0, 0.1) is 5.92 Å². The molecular weight excluding hydrogens is 436 g/mol. The number of primary amides is 1. The number of ether oxygens (including phenoxy) is 1. The first kappa shape index (κ1) is 29.0. The lowest BCUT2D eigenvalue weighted by molar-refractivity contribution is -0.128. The fourth-order valence-corrected chi connectivity index (χ4v) is 2.95. The maximum atomic E-state index is 12.2. The van der Waals surface area contributed by atoms with Gasteiger partial charge in [0, 0.05) is 31.5 Å². The quantitative estimate of drug-likeness (QED) is 0.154. The van der Waals surface area contributed by atoms with Crippen LogP contribution in [0.15, 0.2) is 23.4 Å². The Morgan fingerprint density at radius 1 is 1.09 bits per heavy atom. The van der Waals surface area contributed by atoms with Gasteiger partial charge in [-0.3, -0.25) is 19.8 Å². The maximum Gasteiger partial charge on any atom is 0.252 e. The number of aromatic nitrogens is 1. The van der Waals surface area contributed by atoms with Crippen LogP contribution in [-0.2, 0) is 14.3 Å². The average molecular weight is 477 g/mol. The summed E-state index contributed by atoms with van der Waals surface area (Å²) in [4.78, 5) is 40.1. The van der Waals surface area contributed by atoms with E-state index in [0.717, 1.165) is 18.6 Å². The first-order valence-electron chi connectivity index (χ1n) is 11.9. The second-order valence-electron chi connectivity index (χ2n) is 8.78. The summed E-state index contributed by atoms with van der Waals surface area (Å²) in [6.07, 6.45) is 5.39. The van der Waals surface area contributed by atoms with Crippen molar-refractivity contribution in [3.63, 3.8) is 0 Å². The summed E-state index contributed by atoms with van der Waals surface area (Å²) >= 11 is 0. The van der Waals surface area contributed by atoms with E-state index in [9.17, 15) is 14.4 Å². The van der Waals surface area contributed by atoms with Crippen LogP contribution < -0.4 is 21.8 Å². The zero-order valence-corrected chi connectivity index (χ0v) is 20.9. The monoisotopic (exact) mass is 476 g/mol. The number of hydrogen-bond acceptors (Lipinski definition) is 7. The van der Waals surface area contributed by atoms with Gasteiger partial charge in [0.2, 0.25) is 11.8 Å². The summed E-state index contributed by atoms with van der Waals surface area (Å²) in [6, 6.07) is 2.61. The molecule has 0 unspecified atom stereocenters. The van der Waals surface area contributed by atoms with E-state index in [1.54, 1.807) is 12.1 Å². The third kappa shape index (κ3) is 13.5. The van der Waals surface area contributed by atoms with Gasteiger partial charge in [0.25, 0.3) is 5.91 Å². The third-order valence-electron chi connectivity index (χ3n) is 4.85. The molecule has 1 heterocycles. The lowest BCUT2D eigenvalue weighted by Gasteiger charge is -2.15. The molecule has 0 aromatic carbocycles. The van der Waals surface area contributed by atoms with Crippen LogP contribution in [0.4, 0.5) is 5.82 Å². The molecule has 0 bridgehead atoms. The normalized spacial score (nSPS) is 11.6. The number of anilines is 1. The molecular formula is C24H40N6O4. The van der Waals surface area contributed by atoms with Gasteiger partial charge in [-0.2, -0.15) is 5.10 Å². The molecule has 5 N–H and O–H groups in total. The molecule has 1 atom stereocenters. The Bertz CT molecular complexity index is 791. The Morgan fingerprint density at radius 3 is 2.47 bits per heavy atom. The largest absolute Gasteiger partial charge is 0.381 e. The Kier molecular flexibility index (Phi) is 14.2. The van der Waals surface area contributed by atoms with Crippen molar-refractivity contribution >= 4 is 29.3 Å². The zero-order chi connectivity index (χ0) is 25.3. The van der Waals surface area contributed by atoms with Crippen LogP contribution in [0.5, 0.6) is 0 Å². The van der Waals surface area contributed by atoms with Gasteiger partial charge in [-0.25, -0.2) is 4.98 Å². The van der Waals surface area contributed by atoms with Gasteiger partial charge in [-0.1, -0.05) is 13.8 Å². The number of nitrogens with zero attached hydrogens (tertiary/aromatic N) is 2. The van der Waals surface area contributed by atoms with Gasteiger partial charge in [0.05, 0.1) is 12.2 Å². The summed E-state index contributed by atoms with van der Waals surface area (Å²) in [5, 5.41) is 9.54. The number of hydrazone groups is 1. The van der Waals surface area contributed by atoms with Crippen molar-refractivity contribution in [2.75, 3.05) is 25.2 Å². The molecule has 1 aromatic heterocycles. The van der Waals surface area contributed by atoms with Gasteiger partial charge in [0.15, 0.2) is 0 Å². The standard InChI is InChI=1S/C24H40N6O4/c1-17(2)8-7-14-34-15-12-22(31)28-20(23(25)32)9-5-6-13-26-24(33)19-10-11-21(27-16-19)30-29-18(3)4/h10-11,16-17,20H,5-9,12-15H2,1-4H3,(H2,25,32)(H,26,33)(H,27,30)(H,28,31)/t20-/m0/s1. The number of nitrogens with two attached hydrogens (primary N) is 1. The van der Waals surface area contributed by atoms with Crippen LogP contribution in [0.3, 0.4) is 0 Å². The smallest absolute Gasteiger partial charge is 0.252 e. The van der Waals surface area contributed by atoms with Gasteiger partial charge in [-0.15, -0.1) is 0 Å². The molecule has 0 fully saturated rings. The van der Waals surface area contributed by atoms with Crippen LogP contribution in [0.25, 0.3) is 0 Å². The van der Waals surface area contributed by atoms with E-state index in [1.807, 2.05) is 13.8 Å². The molecule has 1 aromatic rings. The minimum Gasteiger partial charge on any atom is -0.381 e. The van der Waals surface area contributed by atoms with E-state index in [-0.39, 0.29) is 18.2 Å². The summed E-state index contributed by atoms with van der Waals surface area (Å²) in [6.45, 7) is 9.41. The Balaban J connectivity index is 2.25. The highest BCUT2D eigenvalue weighted by atomic mass is 16.5. The summed E-state index contributed by atoms with van der Waals surface area (Å²) in [5.74, 6) is 0.120. The molecule has 0 aliphatic heterocycles. The minimum atomic E-state index is -0.734. The van der Waals surface area contributed by atoms with E-state index in [0.29, 0.717) is 56.3 Å². The second-order valence-corrected chi connectivity index (χ2v) is 8.78. The topological polar surface area (TPSA) is 148 Å². The predicted octanol–water partition coefficient (Wildman–Crippen LogP) is 2.60. The van der Waals surface area contributed by atoms with Crippen molar-refractivity contribution in [3.05, 3.63) is 23.9 Å². The first-order chi connectivity index (χ1) is 16.2. The molecule has 0 aliphatic carbocycles. The molecule has 0 aliphatic rings. The number of amides is 3. The Hall–Kier alpha value is -3.01. The van der Waals surface area contributed by atoms with Crippen molar-refractivity contribution in [1.82, 2.24) is 15.6 Å². The molecule has 190 valence electrons. The molecule has 10 nitrogen and oxygen atoms in total. The first-order valence-corrected chi connectivity index (χ1v) is 11.9. The maximum absolute atomic E-state index is 12.2. The van der Waals surface area contributed by atoms with E-state index in [4.69, 9.17) is 10.5 Å². The van der Waals surface area contributed by atoms with Crippen molar-refractivity contribution < 1.29 is 19.1 Å². The molecule has 10 heteroatoms. The van der Waals surface area contributed by atoms with E-state index >= 15 is 0 Å². The summed E-state index contributed by atoms with van der Waals surface area (Å²) in [5.41, 5.74) is 9.52. The molecule has 3 amide bonds. The highest BCUT2D eigenvalue weighted by Crippen LogP contribution is 2.06. The fraction of sp³-hybridized carbons (Fsp3) is 0.625. The summed E-state index contributed by atoms with van der Waals surface area (Å²) in [7, 11) is 0. The molecule has 0 saturated heterocycles. The zero-order valence-electron chi connectivity index (χ0n) is 20.9. The molecule has 0 saturated carbocycles. The second kappa shape index (κ2) is 16.6. The highest BCUT2D eigenvalue weighted by molar-refractivity contribution is 5.94. The lowest BCUT2D eigenvalue weighted by Crippen LogP contribution is -2.44. The van der Waals surface area contributed by atoms with Crippen LogP contribution in [0.1, 0.15) is 76.6 Å². The fourth-order valence-electron chi connectivity index (χ4n) is 2.95. The van der Waals surface area contributed by atoms with E-state index in [1.165, 1.54) is 6.20 Å².